The monoisotopic (exact) mass is 227 g/mol. The van der Waals surface area contributed by atoms with Gasteiger partial charge in [0.05, 0.1) is 12.2 Å². The zero-order valence-corrected chi connectivity index (χ0v) is 9.24. The van der Waals surface area contributed by atoms with E-state index in [1.165, 1.54) is 12.1 Å². The van der Waals surface area contributed by atoms with Crippen molar-refractivity contribution in [2.24, 2.45) is 0 Å². The van der Waals surface area contributed by atoms with E-state index >= 15 is 0 Å². The van der Waals surface area contributed by atoms with Crippen molar-refractivity contribution in [3.63, 3.8) is 0 Å². The van der Waals surface area contributed by atoms with Gasteiger partial charge >= 0.3 is 5.97 Å². The minimum absolute atomic E-state index is 0.316. The first-order chi connectivity index (χ1) is 7.56. The van der Waals surface area contributed by atoms with Gasteiger partial charge in [-0.15, -0.1) is 0 Å². The third kappa shape index (κ3) is 2.93. The number of carboxylic acid groups (broad SMARTS) is 1. The summed E-state index contributed by atoms with van der Waals surface area (Å²) in [5, 5.41) is 8.66. The van der Waals surface area contributed by atoms with Crippen molar-refractivity contribution in [3.8, 4) is 0 Å². The lowest BCUT2D eigenvalue weighted by Crippen LogP contribution is -2.22. The standard InChI is InChI=1S/C11H14FNO3/c1-13(5-6-16-2)8-3-4-9(11(14)15)10(12)7-8/h3-4,7H,5-6H2,1-2H3,(H,14,15). The number of likely N-dealkylation sites (N-methyl/N-ethyl adjacent to an activating group) is 1. The van der Waals surface area contributed by atoms with Gasteiger partial charge in [0.15, 0.2) is 0 Å². The molecule has 1 rings (SSSR count). The number of nitrogens with zero attached hydrogens (tertiary/aromatic N) is 1. The molecule has 1 aromatic rings. The van der Waals surface area contributed by atoms with Crippen LogP contribution in [-0.4, -0.2) is 38.4 Å². The molecule has 0 radical (unpaired) electrons. The summed E-state index contributed by atoms with van der Waals surface area (Å²) in [6.45, 7) is 1.14. The van der Waals surface area contributed by atoms with Crippen molar-refractivity contribution < 1.29 is 19.0 Å². The van der Waals surface area contributed by atoms with Gasteiger partial charge in [0.25, 0.3) is 0 Å². The molecule has 0 spiro atoms. The SMILES string of the molecule is COCCN(C)c1ccc(C(=O)O)c(F)c1. The van der Waals surface area contributed by atoms with Crippen LogP contribution in [-0.2, 0) is 4.74 Å². The molecule has 0 atom stereocenters. The Kier molecular flexibility index (Phi) is 4.25. The number of hydrogen-bond donors (Lipinski definition) is 1. The lowest BCUT2D eigenvalue weighted by atomic mass is 10.2. The van der Waals surface area contributed by atoms with E-state index in [1.807, 2.05) is 0 Å². The smallest absolute Gasteiger partial charge is 0.338 e. The summed E-state index contributed by atoms with van der Waals surface area (Å²) >= 11 is 0. The van der Waals surface area contributed by atoms with Crippen LogP contribution in [0.4, 0.5) is 10.1 Å². The van der Waals surface area contributed by atoms with Crippen molar-refractivity contribution >= 4 is 11.7 Å². The quantitative estimate of drug-likeness (QED) is 0.830. The highest BCUT2D eigenvalue weighted by molar-refractivity contribution is 5.88. The zero-order chi connectivity index (χ0) is 12.1. The first kappa shape index (κ1) is 12.4. The molecular formula is C11H14FNO3. The minimum Gasteiger partial charge on any atom is -0.478 e. The van der Waals surface area contributed by atoms with E-state index in [4.69, 9.17) is 9.84 Å². The summed E-state index contributed by atoms with van der Waals surface area (Å²) in [5.74, 6) is -1.99. The van der Waals surface area contributed by atoms with Gasteiger partial charge < -0.3 is 14.7 Å². The number of benzene rings is 1. The molecule has 0 saturated heterocycles. The number of carboxylic acids is 1. The van der Waals surface area contributed by atoms with Gasteiger partial charge in [-0.2, -0.15) is 0 Å². The molecule has 0 saturated carbocycles. The molecule has 0 heterocycles. The Morgan fingerprint density at radius 2 is 2.25 bits per heavy atom. The summed E-state index contributed by atoms with van der Waals surface area (Å²) in [5.41, 5.74) is 0.309. The molecule has 0 aliphatic carbocycles. The van der Waals surface area contributed by atoms with E-state index in [9.17, 15) is 9.18 Å². The van der Waals surface area contributed by atoms with Crippen LogP contribution in [0, 0.1) is 5.82 Å². The topological polar surface area (TPSA) is 49.8 Å². The Labute approximate surface area is 93.3 Å². The predicted octanol–water partition coefficient (Wildman–Crippen LogP) is 1.61. The number of carbonyl (C=O) groups is 1. The molecule has 16 heavy (non-hydrogen) atoms. The highest BCUT2D eigenvalue weighted by Gasteiger charge is 2.11. The largest absolute Gasteiger partial charge is 0.478 e. The molecule has 0 fully saturated rings. The fraction of sp³-hybridized carbons (Fsp3) is 0.364. The third-order valence-electron chi connectivity index (χ3n) is 2.25. The number of ether oxygens (including phenoxy) is 1. The molecule has 0 aliphatic rings. The Hall–Kier alpha value is -1.62. The molecule has 5 heteroatoms. The number of rotatable bonds is 5. The van der Waals surface area contributed by atoms with Crippen molar-refractivity contribution in [1.82, 2.24) is 0 Å². The molecule has 0 aliphatic heterocycles. The average molecular weight is 227 g/mol. The maximum atomic E-state index is 13.3. The number of hydrogen-bond acceptors (Lipinski definition) is 3. The summed E-state index contributed by atoms with van der Waals surface area (Å²) in [7, 11) is 3.37. The molecule has 0 amide bonds. The molecule has 4 nitrogen and oxygen atoms in total. The van der Waals surface area contributed by atoms with Gasteiger partial charge in [0, 0.05) is 26.4 Å². The second-order valence-corrected chi connectivity index (χ2v) is 3.38. The normalized spacial score (nSPS) is 10.2. The number of aromatic carboxylic acids is 1. The molecule has 1 N–H and O–H groups in total. The van der Waals surface area contributed by atoms with E-state index in [-0.39, 0.29) is 5.56 Å². The van der Waals surface area contributed by atoms with Crippen molar-refractivity contribution in [2.45, 2.75) is 0 Å². The van der Waals surface area contributed by atoms with Crippen LogP contribution < -0.4 is 4.90 Å². The van der Waals surface area contributed by atoms with Crippen LogP contribution in [0.25, 0.3) is 0 Å². The zero-order valence-electron chi connectivity index (χ0n) is 9.24. The molecule has 1 aromatic carbocycles. The Morgan fingerprint density at radius 1 is 1.56 bits per heavy atom. The molecule has 0 aromatic heterocycles. The van der Waals surface area contributed by atoms with Crippen LogP contribution in [0.1, 0.15) is 10.4 Å². The van der Waals surface area contributed by atoms with E-state index in [2.05, 4.69) is 0 Å². The fourth-order valence-corrected chi connectivity index (χ4v) is 1.27. The van der Waals surface area contributed by atoms with Gasteiger partial charge in [-0.1, -0.05) is 0 Å². The van der Waals surface area contributed by atoms with Gasteiger partial charge in [-0.3, -0.25) is 0 Å². The van der Waals surface area contributed by atoms with Gasteiger partial charge in [-0.25, -0.2) is 9.18 Å². The second-order valence-electron chi connectivity index (χ2n) is 3.38. The van der Waals surface area contributed by atoms with E-state index in [1.54, 1.807) is 25.1 Å². The number of anilines is 1. The highest BCUT2D eigenvalue weighted by atomic mass is 19.1. The maximum absolute atomic E-state index is 13.3. The Bertz CT molecular complexity index is 381. The maximum Gasteiger partial charge on any atom is 0.338 e. The van der Waals surface area contributed by atoms with Gasteiger partial charge in [0.2, 0.25) is 0 Å². The fourth-order valence-electron chi connectivity index (χ4n) is 1.27. The Balaban J connectivity index is 2.84. The first-order valence-corrected chi connectivity index (χ1v) is 4.79. The third-order valence-corrected chi connectivity index (χ3v) is 2.25. The van der Waals surface area contributed by atoms with Crippen molar-refractivity contribution in [3.05, 3.63) is 29.6 Å². The van der Waals surface area contributed by atoms with Gasteiger partial charge in [-0.05, 0) is 18.2 Å². The predicted molar refractivity (Wildman–Crippen MR) is 58.5 cm³/mol. The van der Waals surface area contributed by atoms with Gasteiger partial charge in [0.1, 0.15) is 5.82 Å². The summed E-state index contributed by atoms with van der Waals surface area (Å²) in [4.78, 5) is 12.4. The van der Waals surface area contributed by atoms with E-state index in [0.29, 0.717) is 18.8 Å². The Morgan fingerprint density at radius 3 is 2.75 bits per heavy atom. The second kappa shape index (κ2) is 5.46. The lowest BCUT2D eigenvalue weighted by Gasteiger charge is -2.18. The van der Waals surface area contributed by atoms with E-state index < -0.39 is 11.8 Å². The van der Waals surface area contributed by atoms with Crippen molar-refractivity contribution in [2.75, 3.05) is 32.2 Å². The molecular weight excluding hydrogens is 213 g/mol. The summed E-state index contributed by atoms with van der Waals surface area (Å²) in [6.07, 6.45) is 0. The van der Waals surface area contributed by atoms with Crippen LogP contribution in [0.2, 0.25) is 0 Å². The van der Waals surface area contributed by atoms with Crippen molar-refractivity contribution in [1.29, 1.82) is 0 Å². The average Bonchev–Trinajstić information content (AvgIpc) is 2.25. The van der Waals surface area contributed by atoms with E-state index in [0.717, 1.165) is 0 Å². The molecule has 0 unspecified atom stereocenters. The van der Waals surface area contributed by atoms with Crippen LogP contribution in [0.5, 0.6) is 0 Å². The minimum atomic E-state index is -1.26. The summed E-state index contributed by atoms with van der Waals surface area (Å²) < 4.78 is 18.2. The lowest BCUT2D eigenvalue weighted by molar-refractivity contribution is 0.0692. The first-order valence-electron chi connectivity index (χ1n) is 4.79. The van der Waals surface area contributed by atoms with Crippen LogP contribution >= 0.6 is 0 Å². The molecule has 0 bridgehead atoms. The van der Waals surface area contributed by atoms with Crippen LogP contribution in [0.3, 0.4) is 0 Å². The molecule has 88 valence electrons. The number of halogens is 1. The summed E-state index contributed by atoms with van der Waals surface area (Å²) in [6, 6.07) is 4.04. The van der Waals surface area contributed by atoms with Crippen LogP contribution in [0.15, 0.2) is 18.2 Å². The highest BCUT2D eigenvalue weighted by Crippen LogP contribution is 2.17. The number of methoxy groups -OCH3 is 1.